The number of ether oxygens (including phenoxy) is 1. The molecule has 2 amide bonds. The topological polar surface area (TPSA) is 85.2 Å². The molecule has 0 fully saturated rings. The summed E-state index contributed by atoms with van der Waals surface area (Å²) in [5.74, 6) is 0.654. The lowest BCUT2D eigenvalue weighted by molar-refractivity contribution is -0.123. The molecule has 0 bridgehead atoms. The van der Waals surface area contributed by atoms with E-state index >= 15 is 0 Å². The molecule has 0 saturated heterocycles. The molecule has 1 unspecified atom stereocenters. The van der Waals surface area contributed by atoms with Gasteiger partial charge in [0.15, 0.2) is 0 Å². The highest BCUT2D eigenvalue weighted by Gasteiger charge is 2.35. The summed E-state index contributed by atoms with van der Waals surface area (Å²) < 4.78 is 6.70. The number of nitrogens with zero attached hydrogens (tertiary/aromatic N) is 2. The number of anilines is 2. The van der Waals surface area contributed by atoms with Crippen LogP contribution >= 0.6 is 23.2 Å². The van der Waals surface area contributed by atoms with E-state index in [9.17, 15) is 9.59 Å². The molecule has 148 valence electrons. The maximum atomic E-state index is 12.5. The van der Waals surface area contributed by atoms with Crippen molar-refractivity contribution in [2.24, 2.45) is 0 Å². The number of amides is 2. The molecule has 2 aromatic carbocycles. The van der Waals surface area contributed by atoms with Gasteiger partial charge in [0.05, 0.1) is 19.7 Å². The van der Waals surface area contributed by atoms with Gasteiger partial charge in [0.2, 0.25) is 5.91 Å². The number of hydrogen-bond acceptors (Lipinski definition) is 4. The van der Waals surface area contributed by atoms with E-state index in [0.29, 0.717) is 21.6 Å². The van der Waals surface area contributed by atoms with Crippen molar-refractivity contribution in [1.29, 1.82) is 0 Å². The molecule has 0 saturated carbocycles. The molecular formula is C20H16Cl2N4O3. The average Bonchev–Trinajstić information content (AvgIpc) is 3.20. The molecule has 2 N–H and O–H groups in total. The summed E-state index contributed by atoms with van der Waals surface area (Å²) in [4.78, 5) is 24.9. The van der Waals surface area contributed by atoms with Crippen LogP contribution in [0.25, 0.3) is 11.1 Å². The fourth-order valence-corrected chi connectivity index (χ4v) is 3.73. The molecular weight excluding hydrogens is 415 g/mol. The standard InChI is InChI=1S/C20H16Cl2N4O3/c1-29-15-4-2-11(3-5-15)16-10-23-26-17(20(28)25-19(16)26)9-18(27)24-14-7-12(21)6-13(22)8-14/h2-8,10,17H,9H2,1H3,(H,24,27)(H,25,28). The highest BCUT2D eigenvalue weighted by molar-refractivity contribution is 6.35. The van der Waals surface area contributed by atoms with Crippen LogP contribution in [0.15, 0.2) is 48.7 Å². The van der Waals surface area contributed by atoms with Gasteiger partial charge in [0.1, 0.15) is 17.6 Å². The summed E-state index contributed by atoms with van der Waals surface area (Å²) in [6, 6.07) is 11.4. The van der Waals surface area contributed by atoms with Gasteiger partial charge >= 0.3 is 0 Å². The van der Waals surface area contributed by atoms with E-state index in [0.717, 1.165) is 16.9 Å². The number of halogens is 2. The molecule has 1 atom stereocenters. The molecule has 2 heterocycles. The van der Waals surface area contributed by atoms with E-state index in [1.165, 1.54) is 4.68 Å². The number of hydrogen-bond donors (Lipinski definition) is 2. The second-order valence-electron chi connectivity index (χ2n) is 6.50. The normalized spacial score (nSPS) is 15.0. The van der Waals surface area contributed by atoms with Gasteiger partial charge in [-0.2, -0.15) is 5.10 Å². The van der Waals surface area contributed by atoms with Gasteiger partial charge in [-0.15, -0.1) is 0 Å². The Kier molecular flexibility index (Phi) is 5.17. The second-order valence-corrected chi connectivity index (χ2v) is 7.37. The number of fused-ring (bicyclic) bond motifs is 1. The molecule has 0 spiro atoms. The molecule has 1 aliphatic rings. The summed E-state index contributed by atoms with van der Waals surface area (Å²) in [5, 5.41) is 10.7. The summed E-state index contributed by atoms with van der Waals surface area (Å²) in [7, 11) is 1.60. The van der Waals surface area contributed by atoms with Crippen molar-refractivity contribution in [1.82, 2.24) is 9.78 Å². The van der Waals surface area contributed by atoms with Crippen molar-refractivity contribution in [3.63, 3.8) is 0 Å². The molecule has 29 heavy (non-hydrogen) atoms. The van der Waals surface area contributed by atoms with E-state index < -0.39 is 6.04 Å². The predicted octanol–water partition coefficient (Wildman–Crippen LogP) is 4.39. The minimum absolute atomic E-state index is 0.0767. The van der Waals surface area contributed by atoms with E-state index in [1.807, 2.05) is 24.3 Å². The molecule has 1 aromatic heterocycles. The molecule has 3 aromatic rings. The molecule has 7 nitrogen and oxygen atoms in total. The summed E-state index contributed by atoms with van der Waals surface area (Å²) >= 11 is 11.9. The van der Waals surface area contributed by atoms with Crippen LogP contribution in [0.4, 0.5) is 11.5 Å². The van der Waals surface area contributed by atoms with Gasteiger partial charge in [-0.25, -0.2) is 4.68 Å². The van der Waals surface area contributed by atoms with Crippen LogP contribution in [0.5, 0.6) is 5.75 Å². The third-order valence-corrected chi connectivity index (χ3v) is 5.00. The summed E-state index contributed by atoms with van der Waals surface area (Å²) in [6.07, 6.45) is 1.59. The number of aromatic nitrogens is 2. The van der Waals surface area contributed by atoms with Crippen LogP contribution in [0.1, 0.15) is 12.5 Å². The smallest absolute Gasteiger partial charge is 0.251 e. The molecule has 0 radical (unpaired) electrons. The first-order valence-corrected chi connectivity index (χ1v) is 9.49. The fraction of sp³-hybridized carbons (Fsp3) is 0.150. The van der Waals surface area contributed by atoms with Crippen molar-refractivity contribution in [2.75, 3.05) is 17.7 Å². The van der Waals surface area contributed by atoms with Gasteiger partial charge in [-0.1, -0.05) is 35.3 Å². The Balaban J connectivity index is 1.53. The molecule has 4 rings (SSSR count). The van der Waals surface area contributed by atoms with Crippen molar-refractivity contribution in [3.05, 3.63) is 58.7 Å². The quantitative estimate of drug-likeness (QED) is 0.628. The van der Waals surface area contributed by atoms with Gasteiger partial charge in [0, 0.05) is 21.3 Å². The highest BCUT2D eigenvalue weighted by atomic mass is 35.5. The van der Waals surface area contributed by atoms with Crippen LogP contribution in [0, 0.1) is 0 Å². The SMILES string of the molecule is COc1ccc(-c2cnn3c2NC(=O)C3CC(=O)Nc2cc(Cl)cc(Cl)c2)cc1. The number of methoxy groups -OCH3 is 1. The zero-order valence-electron chi connectivity index (χ0n) is 15.3. The Morgan fingerprint density at radius 2 is 1.90 bits per heavy atom. The average molecular weight is 431 g/mol. The lowest BCUT2D eigenvalue weighted by Gasteiger charge is -2.10. The van der Waals surface area contributed by atoms with Crippen LogP contribution in [-0.4, -0.2) is 28.7 Å². The van der Waals surface area contributed by atoms with Crippen molar-refractivity contribution >= 4 is 46.5 Å². The number of rotatable bonds is 5. The highest BCUT2D eigenvalue weighted by Crippen LogP contribution is 2.36. The monoisotopic (exact) mass is 430 g/mol. The Morgan fingerprint density at radius 1 is 1.21 bits per heavy atom. The lowest BCUT2D eigenvalue weighted by Crippen LogP contribution is -2.23. The Bertz CT molecular complexity index is 1080. The first kappa shape index (κ1) is 19.3. The van der Waals surface area contributed by atoms with E-state index in [2.05, 4.69) is 15.7 Å². The minimum atomic E-state index is -0.744. The molecule has 0 aliphatic carbocycles. The Hall–Kier alpha value is -3.03. The van der Waals surface area contributed by atoms with Crippen LogP contribution in [0.2, 0.25) is 10.0 Å². The van der Waals surface area contributed by atoms with E-state index in [1.54, 1.807) is 31.5 Å². The second kappa shape index (κ2) is 7.77. The maximum absolute atomic E-state index is 12.5. The number of nitrogens with one attached hydrogen (secondary N) is 2. The zero-order valence-corrected chi connectivity index (χ0v) is 16.8. The summed E-state index contributed by atoms with van der Waals surface area (Å²) in [6.45, 7) is 0. The van der Waals surface area contributed by atoms with Crippen molar-refractivity contribution < 1.29 is 14.3 Å². The first-order valence-electron chi connectivity index (χ1n) is 8.73. The van der Waals surface area contributed by atoms with Gasteiger partial charge in [-0.05, 0) is 35.9 Å². The first-order chi connectivity index (χ1) is 13.9. The Morgan fingerprint density at radius 3 is 2.55 bits per heavy atom. The van der Waals surface area contributed by atoms with E-state index in [4.69, 9.17) is 27.9 Å². The van der Waals surface area contributed by atoms with Crippen LogP contribution in [-0.2, 0) is 9.59 Å². The third-order valence-electron chi connectivity index (χ3n) is 4.56. The Labute approximate surface area is 176 Å². The van der Waals surface area contributed by atoms with Crippen LogP contribution in [0.3, 0.4) is 0 Å². The molecule has 9 heteroatoms. The lowest BCUT2D eigenvalue weighted by atomic mass is 10.1. The minimum Gasteiger partial charge on any atom is -0.497 e. The maximum Gasteiger partial charge on any atom is 0.251 e. The zero-order chi connectivity index (χ0) is 20.5. The third kappa shape index (κ3) is 3.92. The van der Waals surface area contributed by atoms with Gasteiger partial charge < -0.3 is 15.4 Å². The number of carbonyl (C=O) groups is 2. The fourth-order valence-electron chi connectivity index (χ4n) is 3.21. The number of carbonyl (C=O) groups excluding carboxylic acids is 2. The largest absolute Gasteiger partial charge is 0.497 e. The van der Waals surface area contributed by atoms with Gasteiger partial charge in [-0.3, -0.25) is 9.59 Å². The van der Waals surface area contributed by atoms with Crippen molar-refractivity contribution in [2.45, 2.75) is 12.5 Å². The van der Waals surface area contributed by atoms with Gasteiger partial charge in [0.25, 0.3) is 5.91 Å². The van der Waals surface area contributed by atoms with Crippen LogP contribution < -0.4 is 15.4 Å². The van der Waals surface area contributed by atoms with E-state index in [-0.39, 0.29) is 18.2 Å². The number of benzene rings is 2. The molecule has 1 aliphatic heterocycles. The predicted molar refractivity (Wildman–Crippen MR) is 112 cm³/mol. The van der Waals surface area contributed by atoms with Crippen molar-refractivity contribution in [3.8, 4) is 16.9 Å². The summed E-state index contributed by atoms with van der Waals surface area (Å²) in [5.41, 5.74) is 2.11.